The maximum atomic E-state index is 12.1. The predicted molar refractivity (Wildman–Crippen MR) is 185 cm³/mol. The van der Waals surface area contributed by atoms with Gasteiger partial charge in [0.1, 0.15) is 5.83 Å². The molecule has 0 amide bonds. The van der Waals surface area contributed by atoms with Crippen LogP contribution in [0.1, 0.15) is 61.8 Å². The van der Waals surface area contributed by atoms with Gasteiger partial charge < -0.3 is 25.8 Å². The van der Waals surface area contributed by atoms with Crippen molar-refractivity contribution in [3.63, 3.8) is 0 Å². The van der Waals surface area contributed by atoms with E-state index >= 15 is 0 Å². The van der Waals surface area contributed by atoms with Gasteiger partial charge in [0.05, 0.1) is 36.6 Å². The zero-order valence-electron chi connectivity index (χ0n) is 27.9. The van der Waals surface area contributed by atoms with Crippen molar-refractivity contribution >= 4 is 33.2 Å². The third kappa shape index (κ3) is 27.9. The van der Waals surface area contributed by atoms with Crippen molar-refractivity contribution in [1.82, 2.24) is 4.90 Å². The Kier molecular flexibility index (Phi) is 33.0. The first-order valence-electron chi connectivity index (χ1n) is 13.8. The summed E-state index contributed by atoms with van der Waals surface area (Å²) >= 11 is 7.80. The minimum Gasteiger partial charge on any atom is -0.501 e. The Morgan fingerprint density at radius 3 is 1.98 bits per heavy atom. The summed E-state index contributed by atoms with van der Waals surface area (Å²) in [5, 5.41) is 0. The van der Waals surface area contributed by atoms with Crippen molar-refractivity contribution in [2.24, 2.45) is 34.2 Å². The molecule has 0 spiro atoms. The van der Waals surface area contributed by atoms with E-state index in [0.717, 1.165) is 40.3 Å². The Hall–Kier alpha value is -2.03. The maximum absolute atomic E-state index is 12.1. The van der Waals surface area contributed by atoms with Crippen molar-refractivity contribution < 1.29 is 13.9 Å². The molecule has 0 aromatic heterocycles. The van der Waals surface area contributed by atoms with Gasteiger partial charge in [-0.2, -0.15) is 0 Å². The number of methoxy groups -OCH3 is 1. The molecule has 0 aliphatic rings. The third-order valence-electron chi connectivity index (χ3n) is 5.54. The normalized spacial score (nSPS) is 15.2. The van der Waals surface area contributed by atoms with E-state index in [9.17, 15) is 4.39 Å². The Balaban J connectivity index is -0.000000407. The van der Waals surface area contributed by atoms with Crippen molar-refractivity contribution in [2.45, 2.75) is 61.8 Å². The maximum Gasteiger partial charge on any atom is 0.138 e. The molecule has 0 fully saturated rings. The summed E-state index contributed by atoms with van der Waals surface area (Å²) in [6.45, 7) is 21.4. The largest absolute Gasteiger partial charge is 0.501 e. The lowest BCUT2D eigenvalue weighted by Gasteiger charge is -2.25. The first kappa shape index (κ1) is 45.9. The van der Waals surface area contributed by atoms with Crippen LogP contribution in [-0.4, -0.2) is 58.4 Å². The van der Waals surface area contributed by atoms with Crippen LogP contribution in [0, 0.1) is 17.8 Å². The molecule has 0 radical (unpaired) electrons. The van der Waals surface area contributed by atoms with Crippen LogP contribution >= 0.6 is 27.5 Å². The van der Waals surface area contributed by atoms with Gasteiger partial charge in [-0.3, -0.25) is 4.99 Å². The molecule has 4 N–H and O–H groups in total. The molecule has 3 atom stereocenters. The van der Waals surface area contributed by atoms with Crippen LogP contribution in [0.5, 0.6) is 0 Å². The van der Waals surface area contributed by atoms with E-state index in [1.807, 2.05) is 46.8 Å². The minimum atomic E-state index is -0.606. The van der Waals surface area contributed by atoms with Crippen molar-refractivity contribution in [3.05, 3.63) is 70.2 Å². The summed E-state index contributed by atoms with van der Waals surface area (Å²) in [5.41, 5.74) is 12.6. The lowest BCUT2D eigenvalue weighted by Crippen LogP contribution is -2.25. The van der Waals surface area contributed by atoms with Gasteiger partial charge in [0.15, 0.2) is 0 Å². The van der Waals surface area contributed by atoms with Gasteiger partial charge in [-0.1, -0.05) is 63.2 Å². The quantitative estimate of drug-likeness (QED) is 0.0839. The van der Waals surface area contributed by atoms with Crippen LogP contribution in [-0.2, 0) is 9.47 Å². The Morgan fingerprint density at radius 1 is 1.05 bits per heavy atom. The Labute approximate surface area is 265 Å². The molecule has 9 heteroatoms. The fourth-order valence-corrected chi connectivity index (χ4v) is 3.39. The second kappa shape index (κ2) is 29.5. The number of nitrogens with two attached hydrogens (primary N) is 2. The molecule has 0 heterocycles. The zero-order chi connectivity index (χ0) is 33.1. The lowest BCUT2D eigenvalue weighted by atomic mass is 9.87. The van der Waals surface area contributed by atoms with E-state index < -0.39 is 5.83 Å². The minimum absolute atomic E-state index is 0.0544. The average Bonchev–Trinajstić information content (AvgIpc) is 2.94. The summed E-state index contributed by atoms with van der Waals surface area (Å²) in [7, 11) is 7.64. The van der Waals surface area contributed by atoms with E-state index in [2.05, 4.69) is 78.9 Å². The highest BCUT2D eigenvalue weighted by molar-refractivity contribution is 9.11. The second-order valence-corrected chi connectivity index (χ2v) is 10.8. The molecule has 0 aromatic carbocycles. The third-order valence-corrected chi connectivity index (χ3v) is 5.80. The lowest BCUT2D eigenvalue weighted by molar-refractivity contribution is 0.148. The Bertz CT molecular complexity index is 877. The Morgan fingerprint density at radius 2 is 1.59 bits per heavy atom. The molecule has 6 nitrogen and oxygen atoms in total. The summed E-state index contributed by atoms with van der Waals surface area (Å²) in [6.07, 6.45) is 11.0. The monoisotopic (exact) mass is 664 g/mol. The van der Waals surface area contributed by atoms with E-state index in [1.54, 1.807) is 20.2 Å². The molecular weight excluding hydrogens is 607 g/mol. The molecule has 240 valence electrons. The topological polar surface area (TPSA) is 86.1 Å². The number of halogens is 3. The summed E-state index contributed by atoms with van der Waals surface area (Å²) in [4.78, 5) is 6.57. The number of ether oxygens (including phenoxy) is 2. The number of hydrogen-bond donors (Lipinski definition) is 2. The van der Waals surface area contributed by atoms with Crippen molar-refractivity contribution in [3.8, 4) is 0 Å². The van der Waals surface area contributed by atoms with Gasteiger partial charge >= 0.3 is 0 Å². The average molecular weight is 666 g/mol. The molecule has 0 aromatic rings. The van der Waals surface area contributed by atoms with Crippen molar-refractivity contribution in [1.29, 1.82) is 0 Å². The molecule has 0 saturated carbocycles. The van der Waals surface area contributed by atoms with Gasteiger partial charge in [0.25, 0.3) is 0 Å². The predicted octanol–water partition coefficient (Wildman–Crippen LogP) is 8.72. The zero-order valence-corrected chi connectivity index (χ0v) is 30.3. The fourth-order valence-electron chi connectivity index (χ4n) is 3.26. The second-order valence-electron chi connectivity index (χ2n) is 9.59. The van der Waals surface area contributed by atoms with Crippen LogP contribution in [0.3, 0.4) is 0 Å². The van der Waals surface area contributed by atoms with Gasteiger partial charge in [-0.05, 0) is 75.7 Å². The van der Waals surface area contributed by atoms with E-state index in [4.69, 9.17) is 20.9 Å². The first-order chi connectivity index (χ1) is 19.2. The van der Waals surface area contributed by atoms with E-state index in [0.29, 0.717) is 24.4 Å². The molecule has 41 heavy (non-hydrogen) atoms. The number of aliphatic imine (C=N–C) groups is 1. The number of alkyl halides is 1. The van der Waals surface area contributed by atoms with Crippen molar-refractivity contribution in [2.75, 3.05) is 47.8 Å². The smallest absolute Gasteiger partial charge is 0.138 e. The van der Waals surface area contributed by atoms with Crippen LogP contribution in [0.4, 0.5) is 4.39 Å². The molecule has 0 rings (SSSR count). The van der Waals surface area contributed by atoms with Crippen LogP contribution in [0.25, 0.3) is 0 Å². The van der Waals surface area contributed by atoms with Crippen LogP contribution < -0.4 is 11.5 Å². The van der Waals surface area contributed by atoms with Gasteiger partial charge in [0, 0.05) is 37.8 Å². The summed E-state index contributed by atoms with van der Waals surface area (Å²) in [6, 6.07) is 0. The highest BCUT2D eigenvalue weighted by Crippen LogP contribution is 2.21. The number of nitrogens with zero attached hydrogens (tertiary/aromatic N) is 2. The number of hydrogen-bond acceptors (Lipinski definition) is 6. The SMILES string of the molecule is C=C(F)/C(N)=C\C=C(/C)Br.CC.CCl.CN=C(/C=C(\C)OCC(C)C[C@@H](C)[C@H](C)CN(C)C)C(=C\N)/C=C(\C)OC. The molecule has 1 unspecified atom stereocenters. The van der Waals surface area contributed by atoms with E-state index in [1.165, 1.54) is 18.7 Å². The summed E-state index contributed by atoms with van der Waals surface area (Å²) < 4.78 is 24.2. The van der Waals surface area contributed by atoms with Gasteiger partial charge in [-0.15, -0.1) is 11.6 Å². The van der Waals surface area contributed by atoms with E-state index in [-0.39, 0.29) is 5.70 Å². The molecule has 0 bridgehead atoms. The van der Waals surface area contributed by atoms with Gasteiger partial charge in [-0.25, -0.2) is 4.39 Å². The van der Waals surface area contributed by atoms with Gasteiger partial charge in [0.2, 0.25) is 0 Å². The fraction of sp³-hybridized carbons (Fsp3) is 0.594. The molecule has 0 saturated heterocycles. The van der Waals surface area contributed by atoms with Crippen LogP contribution in [0.2, 0.25) is 0 Å². The van der Waals surface area contributed by atoms with Crippen LogP contribution in [0.15, 0.2) is 75.2 Å². The number of rotatable bonds is 14. The molecule has 0 aliphatic carbocycles. The number of allylic oxidation sites excluding steroid dienone is 9. The molecule has 0 aliphatic heterocycles. The first-order valence-corrected chi connectivity index (χ1v) is 15.3. The highest BCUT2D eigenvalue weighted by atomic mass is 79.9. The highest BCUT2D eigenvalue weighted by Gasteiger charge is 2.16. The molecular formula is C32H59BrClFN4O2. The summed E-state index contributed by atoms with van der Waals surface area (Å²) in [5.74, 6) is 2.83. The standard InChI is InChI=1S/C22H41N3O2.C7H9BrFN.C2H6.CH3Cl/c1-16(10-17(2)18(3)14-25(7)8)15-27-20(5)12-22(24-6)21(13-23)11-19(4)26-9;1-5(8)3-4-7(10)6(2)9;2*1-2/h11-13,16-18H,10,14-15,23H2,1-9H3;3-4H,2,10H2,1H3;1-2H3;1H3/b19-11+,20-12+,21-13-,24-22?;5-3+,7-4+;;/t16?,17-,18-;;;/m1.../s1.